The zero-order valence-corrected chi connectivity index (χ0v) is 12.6. The smallest absolute Gasteiger partial charge is 0.253 e. The molecule has 0 saturated carbocycles. The number of rotatable bonds is 6. The van der Waals surface area contributed by atoms with Crippen LogP contribution < -0.4 is 9.47 Å². The van der Waals surface area contributed by atoms with Crippen molar-refractivity contribution in [1.82, 2.24) is 4.90 Å². The van der Waals surface area contributed by atoms with Crippen LogP contribution in [0.15, 0.2) is 48.5 Å². The van der Waals surface area contributed by atoms with Gasteiger partial charge in [-0.2, -0.15) is 0 Å². The third-order valence-corrected chi connectivity index (χ3v) is 3.17. The number of carbonyl (C=O) groups is 1. The molecule has 1 amide bonds. The molecule has 0 aliphatic carbocycles. The number of hydrogen-bond acceptors (Lipinski definition) is 3. The molecule has 22 heavy (non-hydrogen) atoms. The van der Waals surface area contributed by atoms with Crippen LogP contribution in [0.25, 0.3) is 0 Å². The number of carbonyl (C=O) groups excluding carboxylic acids is 1. The van der Waals surface area contributed by atoms with Crippen LogP contribution in [0, 0.1) is 5.82 Å². The molecule has 0 aliphatic heterocycles. The average Bonchev–Trinajstić information content (AvgIpc) is 2.56. The topological polar surface area (TPSA) is 38.8 Å². The van der Waals surface area contributed by atoms with E-state index in [9.17, 15) is 9.18 Å². The number of likely N-dealkylation sites (N-methyl/N-ethyl adjacent to an activating group) is 1. The number of amides is 1. The molecular formula is C17H18FNO3. The maximum absolute atomic E-state index is 12.8. The van der Waals surface area contributed by atoms with Gasteiger partial charge in [0.15, 0.2) is 0 Å². The van der Waals surface area contributed by atoms with E-state index in [4.69, 9.17) is 9.47 Å². The van der Waals surface area contributed by atoms with Gasteiger partial charge in [-0.15, -0.1) is 0 Å². The van der Waals surface area contributed by atoms with Crippen LogP contribution >= 0.6 is 0 Å². The molecule has 0 atom stereocenters. The van der Waals surface area contributed by atoms with Crippen LogP contribution in [0.5, 0.6) is 11.5 Å². The molecule has 0 radical (unpaired) electrons. The normalized spacial score (nSPS) is 10.1. The van der Waals surface area contributed by atoms with Crippen molar-refractivity contribution < 1.29 is 18.7 Å². The van der Waals surface area contributed by atoms with Crippen molar-refractivity contribution in [2.45, 2.75) is 0 Å². The monoisotopic (exact) mass is 303 g/mol. The van der Waals surface area contributed by atoms with Gasteiger partial charge in [-0.05, 0) is 42.5 Å². The Morgan fingerprint density at radius 3 is 2.55 bits per heavy atom. The molecule has 0 aliphatic rings. The fourth-order valence-corrected chi connectivity index (χ4v) is 1.91. The Bertz CT molecular complexity index is 628. The van der Waals surface area contributed by atoms with Crippen molar-refractivity contribution in [2.24, 2.45) is 0 Å². The summed E-state index contributed by atoms with van der Waals surface area (Å²) in [5.74, 6) is 0.796. The van der Waals surface area contributed by atoms with Gasteiger partial charge in [0.05, 0.1) is 13.7 Å². The first-order chi connectivity index (χ1) is 10.6. The lowest BCUT2D eigenvalue weighted by Gasteiger charge is -2.18. The number of halogens is 1. The molecule has 0 heterocycles. The van der Waals surface area contributed by atoms with Crippen LogP contribution in [0.2, 0.25) is 0 Å². The van der Waals surface area contributed by atoms with E-state index in [1.165, 1.54) is 12.1 Å². The fourth-order valence-electron chi connectivity index (χ4n) is 1.91. The van der Waals surface area contributed by atoms with E-state index in [-0.39, 0.29) is 11.7 Å². The highest BCUT2D eigenvalue weighted by atomic mass is 19.1. The summed E-state index contributed by atoms with van der Waals surface area (Å²) in [6, 6.07) is 12.8. The van der Waals surface area contributed by atoms with Crippen molar-refractivity contribution in [3.8, 4) is 11.5 Å². The molecule has 0 unspecified atom stereocenters. The molecule has 2 aromatic carbocycles. The zero-order chi connectivity index (χ0) is 15.9. The standard InChI is InChI=1S/C17H18FNO3/c1-19(10-11-22-15-8-6-14(18)7-9-15)17(20)13-4-3-5-16(12-13)21-2/h3-9,12H,10-11H2,1-2H3. The molecule has 0 bridgehead atoms. The van der Waals surface area contributed by atoms with Crippen LogP contribution in [0.3, 0.4) is 0 Å². The number of hydrogen-bond donors (Lipinski definition) is 0. The lowest BCUT2D eigenvalue weighted by atomic mass is 10.2. The van der Waals surface area contributed by atoms with Crippen LogP contribution in [-0.4, -0.2) is 38.1 Å². The van der Waals surface area contributed by atoms with Crippen molar-refractivity contribution in [2.75, 3.05) is 27.3 Å². The number of ether oxygens (including phenoxy) is 2. The highest BCUT2D eigenvalue weighted by Crippen LogP contribution is 2.14. The van der Waals surface area contributed by atoms with Gasteiger partial charge in [-0.25, -0.2) is 4.39 Å². The lowest BCUT2D eigenvalue weighted by Crippen LogP contribution is -2.30. The molecule has 4 nitrogen and oxygen atoms in total. The Kier molecular flexibility index (Phi) is 5.36. The van der Waals surface area contributed by atoms with Crippen molar-refractivity contribution in [1.29, 1.82) is 0 Å². The predicted molar refractivity (Wildman–Crippen MR) is 81.8 cm³/mol. The molecule has 116 valence electrons. The summed E-state index contributed by atoms with van der Waals surface area (Å²) in [5, 5.41) is 0. The van der Waals surface area contributed by atoms with E-state index in [2.05, 4.69) is 0 Å². The minimum absolute atomic E-state index is 0.110. The summed E-state index contributed by atoms with van der Waals surface area (Å²) in [7, 11) is 3.26. The Morgan fingerprint density at radius 1 is 1.14 bits per heavy atom. The highest BCUT2D eigenvalue weighted by molar-refractivity contribution is 5.94. The molecule has 0 aromatic heterocycles. The molecule has 2 aromatic rings. The van der Waals surface area contributed by atoms with Gasteiger partial charge in [-0.3, -0.25) is 4.79 Å². The minimum Gasteiger partial charge on any atom is -0.497 e. The summed E-state index contributed by atoms with van der Waals surface area (Å²) < 4.78 is 23.4. The summed E-state index contributed by atoms with van der Waals surface area (Å²) in [5.41, 5.74) is 0.559. The second-order valence-corrected chi connectivity index (χ2v) is 4.76. The third kappa shape index (κ3) is 4.22. The van der Waals surface area contributed by atoms with Crippen LogP contribution in [0.1, 0.15) is 10.4 Å². The molecule has 5 heteroatoms. The van der Waals surface area contributed by atoms with Crippen LogP contribution in [0.4, 0.5) is 4.39 Å². The first-order valence-corrected chi connectivity index (χ1v) is 6.88. The largest absolute Gasteiger partial charge is 0.497 e. The van der Waals surface area contributed by atoms with Crippen molar-refractivity contribution >= 4 is 5.91 Å². The number of methoxy groups -OCH3 is 1. The maximum Gasteiger partial charge on any atom is 0.253 e. The van der Waals surface area contributed by atoms with E-state index in [1.54, 1.807) is 55.5 Å². The van der Waals surface area contributed by atoms with E-state index in [0.29, 0.717) is 30.2 Å². The van der Waals surface area contributed by atoms with E-state index in [0.717, 1.165) is 0 Å². The molecular weight excluding hydrogens is 285 g/mol. The Morgan fingerprint density at radius 2 is 1.86 bits per heavy atom. The molecule has 0 spiro atoms. The van der Waals surface area contributed by atoms with Gasteiger partial charge in [0.2, 0.25) is 0 Å². The molecule has 2 rings (SSSR count). The molecule has 0 fully saturated rings. The fraction of sp³-hybridized carbons (Fsp3) is 0.235. The van der Waals surface area contributed by atoms with Gasteiger partial charge in [0, 0.05) is 12.6 Å². The van der Waals surface area contributed by atoms with Crippen molar-refractivity contribution in [3.63, 3.8) is 0 Å². The van der Waals surface area contributed by atoms with Crippen LogP contribution in [-0.2, 0) is 0 Å². The lowest BCUT2D eigenvalue weighted by molar-refractivity contribution is 0.0773. The summed E-state index contributed by atoms with van der Waals surface area (Å²) in [4.78, 5) is 13.8. The second-order valence-electron chi connectivity index (χ2n) is 4.76. The Hall–Kier alpha value is -2.56. The van der Waals surface area contributed by atoms with Gasteiger partial charge >= 0.3 is 0 Å². The second kappa shape index (κ2) is 7.45. The summed E-state index contributed by atoms with van der Waals surface area (Å²) in [6.07, 6.45) is 0. The number of nitrogens with zero attached hydrogens (tertiary/aromatic N) is 1. The van der Waals surface area contributed by atoms with Gasteiger partial charge in [-0.1, -0.05) is 6.07 Å². The van der Waals surface area contributed by atoms with E-state index < -0.39 is 0 Å². The predicted octanol–water partition coefficient (Wildman–Crippen LogP) is 2.99. The zero-order valence-electron chi connectivity index (χ0n) is 12.6. The Balaban J connectivity index is 1.87. The maximum atomic E-state index is 12.8. The minimum atomic E-state index is -0.308. The van der Waals surface area contributed by atoms with E-state index >= 15 is 0 Å². The van der Waals surface area contributed by atoms with Gasteiger partial charge < -0.3 is 14.4 Å². The highest BCUT2D eigenvalue weighted by Gasteiger charge is 2.12. The first-order valence-electron chi connectivity index (χ1n) is 6.88. The molecule has 0 N–H and O–H groups in total. The summed E-state index contributed by atoms with van der Waals surface area (Å²) >= 11 is 0. The van der Waals surface area contributed by atoms with Crippen molar-refractivity contribution in [3.05, 3.63) is 59.9 Å². The first kappa shape index (κ1) is 15.8. The van der Waals surface area contributed by atoms with Gasteiger partial charge in [0.25, 0.3) is 5.91 Å². The third-order valence-electron chi connectivity index (χ3n) is 3.17. The molecule has 0 saturated heterocycles. The SMILES string of the molecule is COc1cccc(C(=O)N(C)CCOc2ccc(F)cc2)c1. The summed E-state index contributed by atoms with van der Waals surface area (Å²) in [6.45, 7) is 0.755. The van der Waals surface area contributed by atoms with Gasteiger partial charge in [0.1, 0.15) is 23.9 Å². The number of benzene rings is 2. The quantitative estimate of drug-likeness (QED) is 0.823. The average molecular weight is 303 g/mol. The van der Waals surface area contributed by atoms with E-state index in [1.807, 2.05) is 0 Å². The Labute approximate surface area is 129 Å².